The van der Waals surface area contributed by atoms with Gasteiger partial charge in [-0.05, 0) is 44.5 Å². The van der Waals surface area contributed by atoms with Crippen LogP contribution in [-0.2, 0) is 33.0 Å². The molecule has 7 nitrogen and oxygen atoms in total. The van der Waals surface area contributed by atoms with Crippen molar-refractivity contribution in [1.29, 1.82) is 0 Å². The van der Waals surface area contributed by atoms with Crippen LogP contribution in [0.4, 0.5) is 8.78 Å². The van der Waals surface area contributed by atoms with Crippen LogP contribution in [0.15, 0.2) is 66.7 Å². The topological polar surface area (TPSA) is 86.9 Å². The number of carbonyl (C=O) groups is 1. The van der Waals surface area contributed by atoms with E-state index >= 15 is 4.39 Å². The Morgan fingerprint density at radius 2 is 1.73 bits per heavy atom. The molecule has 1 aromatic heterocycles. The maximum absolute atomic E-state index is 15.2. The van der Waals surface area contributed by atoms with Crippen molar-refractivity contribution < 1.29 is 27.8 Å². The van der Waals surface area contributed by atoms with E-state index in [4.69, 9.17) is 19.9 Å². The lowest BCUT2D eigenvalue weighted by molar-refractivity contribution is -0.163. The summed E-state index contributed by atoms with van der Waals surface area (Å²) in [7, 11) is 0. The van der Waals surface area contributed by atoms with E-state index in [-0.39, 0.29) is 25.3 Å². The quantitative estimate of drug-likeness (QED) is 0.267. The van der Waals surface area contributed by atoms with E-state index in [1.165, 1.54) is 36.1 Å². The van der Waals surface area contributed by atoms with Crippen molar-refractivity contribution >= 4 is 5.91 Å². The zero-order chi connectivity index (χ0) is 26.8. The molecule has 0 saturated carbocycles. The number of halogens is 2. The monoisotopic (exact) mass is 513 g/mol. The highest BCUT2D eigenvalue weighted by molar-refractivity contribution is 5.87. The molecule has 0 fully saturated rings. The van der Waals surface area contributed by atoms with Gasteiger partial charge in [0.15, 0.2) is 6.29 Å². The minimum Gasteiger partial charge on any atom is -0.489 e. The predicted octanol–water partition coefficient (Wildman–Crippen LogP) is 4.54. The van der Waals surface area contributed by atoms with Crippen molar-refractivity contribution in [2.45, 2.75) is 45.8 Å². The first kappa shape index (κ1) is 28.2. The number of amides is 1. The summed E-state index contributed by atoms with van der Waals surface area (Å²) in [5, 5.41) is 0. The van der Waals surface area contributed by atoms with Crippen molar-refractivity contribution in [3.8, 4) is 5.75 Å². The molecule has 2 aromatic carbocycles. The largest absolute Gasteiger partial charge is 0.489 e. The fourth-order valence-corrected chi connectivity index (χ4v) is 3.85. The normalized spacial score (nSPS) is 12.8. The van der Waals surface area contributed by atoms with Gasteiger partial charge in [0.2, 0.25) is 11.9 Å². The van der Waals surface area contributed by atoms with Crippen LogP contribution in [0.2, 0.25) is 0 Å². The van der Waals surface area contributed by atoms with Crippen LogP contribution in [0.25, 0.3) is 0 Å². The second-order valence-corrected chi connectivity index (χ2v) is 8.60. The Balaban J connectivity index is 1.83. The zero-order valence-corrected chi connectivity index (χ0v) is 21.3. The molecule has 9 heteroatoms. The number of nitrogens with zero attached hydrogens (tertiary/aromatic N) is 2. The van der Waals surface area contributed by atoms with Crippen LogP contribution in [0.1, 0.15) is 37.6 Å². The summed E-state index contributed by atoms with van der Waals surface area (Å²) >= 11 is 0. The first-order valence-electron chi connectivity index (χ1n) is 12.1. The molecule has 0 aliphatic carbocycles. The van der Waals surface area contributed by atoms with E-state index in [9.17, 15) is 9.18 Å². The molecule has 1 heterocycles. The summed E-state index contributed by atoms with van der Waals surface area (Å²) < 4.78 is 45.9. The maximum Gasteiger partial charge on any atom is 0.247 e. The van der Waals surface area contributed by atoms with Crippen LogP contribution in [0.3, 0.4) is 0 Å². The first-order valence-corrected chi connectivity index (χ1v) is 12.1. The Morgan fingerprint density at radius 1 is 1.03 bits per heavy atom. The molecule has 37 heavy (non-hydrogen) atoms. The average Bonchev–Trinajstić information content (AvgIpc) is 2.87. The third-order valence-electron chi connectivity index (χ3n) is 5.68. The number of rotatable bonds is 13. The molecule has 3 aromatic rings. The van der Waals surface area contributed by atoms with Gasteiger partial charge in [0.25, 0.3) is 0 Å². The number of aromatic nitrogens is 1. The Hall–Kier alpha value is -3.40. The van der Waals surface area contributed by atoms with Gasteiger partial charge < -0.3 is 24.8 Å². The zero-order valence-electron chi connectivity index (χ0n) is 21.3. The van der Waals surface area contributed by atoms with E-state index in [2.05, 4.69) is 4.98 Å². The highest BCUT2D eigenvalue weighted by Gasteiger charge is 2.38. The van der Waals surface area contributed by atoms with Crippen molar-refractivity contribution in [3.05, 3.63) is 95.3 Å². The van der Waals surface area contributed by atoms with E-state index in [0.717, 1.165) is 5.56 Å². The van der Waals surface area contributed by atoms with Gasteiger partial charge in [-0.3, -0.25) is 4.79 Å². The SMILES string of the molecule is CCOC(CN(Cc1cccc(F)n1)C(=O)[C@@](C)(N)c1ccc(OCc2ccccc2)cc1F)OCC. The van der Waals surface area contributed by atoms with Gasteiger partial charge in [0, 0.05) is 24.8 Å². The average molecular weight is 514 g/mol. The number of benzene rings is 2. The second-order valence-electron chi connectivity index (χ2n) is 8.60. The Morgan fingerprint density at radius 3 is 2.35 bits per heavy atom. The highest BCUT2D eigenvalue weighted by Crippen LogP contribution is 2.28. The van der Waals surface area contributed by atoms with Gasteiger partial charge in [-0.15, -0.1) is 0 Å². The molecule has 0 bridgehead atoms. The van der Waals surface area contributed by atoms with Crippen LogP contribution in [0, 0.1) is 11.8 Å². The summed E-state index contributed by atoms with van der Waals surface area (Å²) in [6.45, 7) is 5.93. The van der Waals surface area contributed by atoms with Crippen LogP contribution in [-0.4, -0.2) is 41.8 Å². The number of hydrogen-bond donors (Lipinski definition) is 1. The molecule has 1 atom stereocenters. The standard InChI is InChI=1S/C28H33F2N3O4/c1-4-35-26(36-5-2)18-33(17-21-12-9-13-25(30)32-21)27(34)28(3,31)23-15-14-22(16-24(23)29)37-19-20-10-7-6-8-11-20/h6-16,26H,4-5,17-19,31H2,1-3H3/t28-/m0/s1. The van der Waals surface area contributed by atoms with Crippen molar-refractivity contribution in [2.24, 2.45) is 5.73 Å². The molecule has 0 aliphatic rings. The second kappa shape index (κ2) is 13.2. The number of nitrogens with two attached hydrogens (primary N) is 1. The van der Waals surface area contributed by atoms with Gasteiger partial charge in [-0.25, -0.2) is 9.37 Å². The lowest BCUT2D eigenvalue weighted by Gasteiger charge is -2.34. The van der Waals surface area contributed by atoms with Crippen LogP contribution < -0.4 is 10.5 Å². The van der Waals surface area contributed by atoms with E-state index in [1.807, 2.05) is 30.3 Å². The number of hydrogen-bond acceptors (Lipinski definition) is 6. The summed E-state index contributed by atoms with van der Waals surface area (Å²) in [4.78, 5) is 18.9. The minimum absolute atomic E-state index is 0.00821. The fourth-order valence-electron chi connectivity index (χ4n) is 3.85. The molecule has 1 amide bonds. The molecule has 0 spiro atoms. The Bertz CT molecular complexity index is 1160. The summed E-state index contributed by atoms with van der Waals surface area (Å²) in [6.07, 6.45) is -0.748. The molecule has 198 valence electrons. The van der Waals surface area contributed by atoms with Crippen LogP contribution in [0.5, 0.6) is 5.75 Å². The predicted molar refractivity (Wildman–Crippen MR) is 135 cm³/mol. The first-order chi connectivity index (χ1) is 17.7. The molecular formula is C28H33F2N3O4. The molecular weight excluding hydrogens is 480 g/mol. The summed E-state index contributed by atoms with van der Waals surface area (Å²) in [5.74, 6) is -1.65. The highest BCUT2D eigenvalue weighted by atomic mass is 19.1. The van der Waals surface area contributed by atoms with Gasteiger partial charge in [0.05, 0.1) is 18.8 Å². The molecule has 0 radical (unpaired) electrons. The van der Waals surface area contributed by atoms with Gasteiger partial charge in [-0.2, -0.15) is 4.39 Å². The van der Waals surface area contributed by atoms with Gasteiger partial charge in [0.1, 0.15) is 23.7 Å². The van der Waals surface area contributed by atoms with Crippen molar-refractivity contribution in [3.63, 3.8) is 0 Å². The third kappa shape index (κ3) is 7.79. The molecule has 0 saturated heterocycles. The smallest absolute Gasteiger partial charge is 0.247 e. The summed E-state index contributed by atoms with van der Waals surface area (Å²) in [6, 6.07) is 18.0. The van der Waals surface area contributed by atoms with E-state index < -0.39 is 29.5 Å². The lowest BCUT2D eigenvalue weighted by atomic mass is 9.90. The van der Waals surface area contributed by atoms with E-state index in [0.29, 0.717) is 24.7 Å². The molecule has 0 unspecified atom stereocenters. The fraction of sp³-hybridized carbons (Fsp3) is 0.357. The number of carbonyl (C=O) groups excluding carboxylic acids is 1. The number of pyridine rings is 1. The van der Waals surface area contributed by atoms with Gasteiger partial charge in [-0.1, -0.05) is 42.5 Å². The Kier molecular flexibility index (Phi) is 10.1. The third-order valence-corrected chi connectivity index (χ3v) is 5.68. The molecule has 2 N–H and O–H groups in total. The Labute approximate surface area is 216 Å². The van der Waals surface area contributed by atoms with E-state index in [1.54, 1.807) is 26.0 Å². The molecule has 3 rings (SSSR count). The minimum atomic E-state index is -1.75. The van der Waals surface area contributed by atoms with Crippen LogP contribution >= 0.6 is 0 Å². The lowest BCUT2D eigenvalue weighted by Crippen LogP contribution is -2.53. The van der Waals surface area contributed by atoms with Crippen molar-refractivity contribution in [2.75, 3.05) is 19.8 Å². The van der Waals surface area contributed by atoms with Gasteiger partial charge >= 0.3 is 0 Å². The maximum atomic E-state index is 15.2. The van der Waals surface area contributed by atoms with Crippen molar-refractivity contribution in [1.82, 2.24) is 9.88 Å². The summed E-state index contributed by atoms with van der Waals surface area (Å²) in [5.41, 5.74) is 5.94. The number of ether oxygens (including phenoxy) is 3. The molecule has 0 aliphatic heterocycles.